The summed E-state index contributed by atoms with van der Waals surface area (Å²) in [5.74, 6) is -0.737. The molecule has 1 saturated carbocycles. The van der Waals surface area contributed by atoms with Crippen molar-refractivity contribution in [3.05, 3.63) is 0 Å². The van der Waals surface area contributed by atoms with Crippen molar-refractivity contribution in [3.8, 4) is 0 Å². The van der Waals surface area contributed by atoms with E-state index in [4.69, 9.17) is 5.11 Å². The zero-order valence-electron chi connectivity index (χ0n) is 12.0. The third-order valence-electron chi connectivity index (χ3n) is 3.91. The second-order valence-electron chi connectivity index (χ2n) is 5.17. The van der Waals surface area contributed by atoms with Crippen molar-refractivity contribution >= 4 is 11.9 Å². The largest absolute Gasteiger partial charge is 0.481 e. The van der Waals surface area contributed by atoms with Crippen LogP contribution in [-0.2, 0) is 9.59 Å². The molecule has 19 heavy (non-hydrogen) atoms. The number of carboxylic acid groups (broad SMARTS) is 1. The van der Waals surface area contributed by atoms with Crippen LogP contribution in [0.3, 0.4) is 0 Å². The van der Waals surface area contributed by atoms with E-state index in [1.54, 1.807) is 0 Å². The fourth-order valence-corrected chi connectivity index (χ4v) is 2.72. The molecule has 2 N–H and O–H groups in total. The summed E-state index contributed by atoms with van der Waals surface area (Å²) in [5.41, 5.74) is 0. The lowest BCUT2D eigenvalue weighted by molar-refractivity contribution is -0.143. The Morgan fingerprint density at radius 1 is 1.26 bits per heavy atom. The van der Waals surface area contributed by atoms with Gasteiger partial charge in [-0.3, -0.25) is 9.59 Å². The van der Waals surface area contributed by atoms with Crippen molar-refractivity contribution in [3.63, 3.8) is 0 Å². The molecule has 1 amide bonds. The Hall–Kier alpha value is -1.10. The summed E-state index contributed by atoms with van der Waals surface area (Å²) < 4.78 is 0. The Labute approximate surface area is 115 Å². The van der Waals surface area contributed by atoms with Crippen molar-refractivity contribution in [1.82, 2.24) is 10.2 Å². The third-order valence-corrected chi connectivity index (χ3v) is 3.91. The monoisotopic (exact) mass is 270 g/mol. The zero-order valence-corrected chi connectivity index (χ0v) is 12.0. The lowest BCUT2D eigenvalue weighted by Gasteiger charge is -2.27. The highest BCUT2D eigenvalue weighted by atomic mass is 16.4. The Bertz CT molecular complexity index is 303. The zero-order chi connectivity index (χ0) is 14.3. The summed E-state index contributed by atoms with van der Waals surface area (Å²) in [5, 5.41) is 12.3. The van der Waals surface area contributed by atoms with Gasteiger partial charge in [-0.25, -0.2) is 0 Å². The van der Waals surface area contributed by atoms with Gasteiger partial charge >= 0.3 is 5.97 Å². The number of carbonyl (C=O) groups is 2. The molecular weight excluding hydrogens is 244 g/mol. The average molecular weight is 270 g/mol. The quantitative estimate of drug-likeness (QED) is 0.735. The van der Waals surface area contributed by atoms with Crippen molar-refractivity contribution < 1.29 is 14.7 Å². The first kappa shape index (κ1) is 16.0. The Morgan fingerprint density at radius 2 is 1.95 bits per heavy atom. The maximum Gasteiger partial charge on any atom is 0.306 e. The molecule has 0 aromatic carbocycles. The van der Waals surface area contributed by atoms with Crippen LogP contribution in [0.15, 0.2) is 0 Å². The normalized spacial score (nSPS) is 23.1. The Balaban J connectivity index is 2.25. The van der Waals surface area contributed by atoms with Crippen LogP contribution in [0.25, 0.3) is 0 Å². The molecule has 0 aromatic rings. The predicted octanol–water partition coefficient (Wildman–Crippen LogP) is 1.48. The summed E-state index contributed by atoms with van der Waals surface area (Å²) in [7, 11) is 0. The second-order valence-corrected chi connectivity index (χ2v) is 5.17. The van der Waals surface area contributed by atoms with Gasteiger partial charge in [-0.15, -0.1) is 0 Å². The molecule has 5 nitrogen and oxygen atoms in total. The SMILES string of the molecule is CCN(CC)C(=O)CCNC1CCCC(C(=O)O)C1. The highest BCUT2D eigenvalue weighted by Gasteiger charge is 2.26. The average Bonchev–Trinajstić information content (AvgIpc) is 2.40. The smallest absolute Gasteiger partial charge is 0.306 e. The number of amides is 1. The van der Waals surface area contributed by atoms with E-state index in [0.717, 1.165) is 32.4 Å². The summed E-state index contributed by atoms with van der Waals surface area (Å²) in [6.45, 7) is 6.10. The minimum atomic E-state index is -0.689. The number of carboxylic acids is 1. The van der Waals surface area contributed by atoms with Gasteiger partial charge in [-0.1, -0.05) is 6.42 Å². The van der Waals surface area contributed by atoms with Gasteiger partial charge in [0, 0.05) is 32.1 Å². The number of hydrogen-bond acceptors (Lipinski definition) is 3. The number of carbonyl (C=O) groups excluding carboxylic acids is 1. The Morgan fingerprint density at radius 3 is 2.53 bits per heavy atom. The number of rotatable bonds is 7. The van der Waals surface area contributed by atoms with Crippen molar-refractivity contribution in [2.45, 2.75) is 52.0 Å². The molecule has 0 aromatic heterocycles. The van der Waals surface area contributed by atoms with Gasteiger partial charge in [-0.05, 0) is 33.1 Å². The first-order valence-corrected chi connectivity index (χ1v) is 7.32. The lowest BCUT2D eigenvalue weighted by atomic mass is 9.86. The summed E-state index contributed by atoms with van der Waals surface area (Å²) in [6.07, 6.45) is 3.94. The van der Waals surface area contributed by atoms with Crippen LogP contribution in [-0.4, -0.2) is 47.6 Å². The van der Waals surface area contributed by atoms with Gasteiger partial charge < -0.3 is 15.3 Å². The molecule has 2 unspecified atom stereocenters. The molecule has 1 rings (SSSR count). The van der Waals surface area contributed by atoms with Crippen LogP contribution in [0, 0.1) is 5.92 Å². The standard InChI is InChI=1S/C14H26N2O3/c1-3-16(4-2)13(17)8-9-15-12-7-5-6-11(10-12)14(18)19/h11-12,15H,3-10H2,1-2H3,(H,18,19). The van der Waals surface area contributed by atoms with Crippen LogP contribution in [0.1, 0.15) is 46.0 Å². The Kier molecular flexibility index (Phi) is 6.84. The first-order chi connectivity index (χ1) is 9.08. The van der Waals surface area contributed by atoms with Gasteiger partial charge in [0.25, 0.3) is 0 Å². The van der Waals surface area contributed by atoms with Gasteiger partial charge in [0.15, 0.2) is 0 Å². The molecule has 1 aliphatic rings. The molecule has 0 aliphatic heterocycles. The predicted molar refractivity (Wildman–Crippen MR) is 73.9 cm³/mol. The molecule has 2 atom stereocenters. The number of nitrogens with zero attached hydrogens (tertiary/aromatic N) is 1. The van der Waals surface area contributed by atoms with E-state index in [9.17, 15) is 9.59 Å². The molecule has 110 valence electrons. The molecule has 5 heteroatoms. The summed E-state index contributed by atoms with van der Waals surface area (Å²) >= 11 is 0. The highest BCUT2D eigenvalue weighted by Crippen LogP contribution is 2.24. The topological polar surface area (TPSA) is 69.6 Å². The summed E-state index contributed by atoms with van der Waals surface area (Å²) in [4.78, 5) is 24.6. The molecule has 1 fully saturated rings. The highest BCUT2D eigenvalue weighted by molar-refractivity contribution is 5.76. The number of hydrogen-bond donors (Lipinski definition) is 2. The van der Waals surface area contributed by atoms with Crippen LogP contribution >= 0.6 is 0 Å². The van der Waals surface area contributed by atoms with Gasteiger partial charge in [-0.2, -0.15) is 0 Å². The second kappa shape index (κ2) is 8.15. The van der Waals surface area contributed by atoms with Crippen molar-refractivity contribution in [2.75, 3.05) is 19.6 Å². The van der Waals surface area contributed by atoms with Crippen molar-refractivity contribution in [1.29, 1.82) is 0 Å². The molecule has 1 aliphatic carbocycles. The van der Waals surface area contributed by atoms with Gasteiger partial charge in [0.05, 0.1) is 5.92 Å². The van der Waals surface area contributed by atoms with E-state index in [2.05, 4.69) is 5.32 Å². The van der Waals surface area contributed by atoms with E-state index in [0.29, 0.717) is 19.4 Å². The molecule has 0 saturated heterocycles. The molecular formula is C14H26N2O3. The molecule has 0 spiro atoms. The maximum absolute atomic E-state index is 11.8. The minimum absolute atomic E-state index is 0.170. The van der Waals surface area contributed by atoms with E-state index < -0.39 is 5.97 Å². The first-order valence-electron chi connectivity index (χ1n) is 7.32. The maximum atomic E-state index is 11.8. The number of aliphatic carboxylic acids is 1. The fraction of sp³-hybridized carbons (Fsp3) is 0.857. The van der Waals surface area contributed by atoms with E-state index in [-0.39, 0.29) is 17.9 Å². The lowest BCUT2D eigenvalue weighted by Crippen LogP contribution is -2.39. The summed E-state index contributed by atoms with van der Waals surface area (Å²) in [6, 6.07) is 0.249. The van der Waals surface area contributed by atoms with Crippen LogP contribution < -0.4 is 5.32 Å². The van der Waals surface area contributed by atoms with E-state index >= 15 is 0 Å². The van der Waals surface area contributed by atoms with E-state index in [1.807, 2.05) is 18.7 Å². The van der Waals surface area contributed by atoms with Crippen LogP contribution in [0.2, 0.25) is 0 Å². The molecule has 0 bridgehead atoms. The van der Waals surface area contributed by atoms with Crippen LogP contribution in [0.5, 0.6) is 0 Å². The van der Waals surface area contributed by atoms with Gasteiger partial charge in [0.2, 0.25) is 5.91 Å². The molecule has 0 heterocycles. The van der Waals surface area contributed by atoms with Gasteiger partial charge in [0.1, 0.15) is 0 Å². The third kappa shape index (κ3) is 5.19. The van der Waals surface area contributed by atoms with Crippen molar-refractivity contribution in [2.24, 2.45) is 5.92 Å². The van der Waals surface area contributed by atoms with Crippen LogP contribution in [0.4, 0.5) is 0 Å². The number of nitrogens with one attached hydrogen (secondary N) is 1. The van der Waals surface area contributed by atoms with E-state index in [1.165, 1.54) is 0 Å². The minimum Gasteiger partial charge on any atom is -0.481 e. The fourth-order valence-electron chi connectivity index (χ4n) is 2.72. The molecule has 0 radical (unpaired) electrons.